The predicted molar refractivity (Wildman–Crippen MR) is 64.7 cm³/mol. The number of benzene rings is 1. The Kier molecular flexibility index (Phi) is 4.23. The summed E-state index contributed by atoms with van der Waals surface area (Å²) in [7, 11) is 0. The Morgan fingerprint density at radius 3 is 2.75 bits per heavy atom. The number of hydrogen-bond donors (Lipinski definition) is 0. The molecule has 16 heavy (non-hydrogen) atoms. The van der Waals surface area contributed by atoms with Gasteiger partial charge < -0.3 is 9.47 Å². The Hall–Kier alpha value is -1.02. The highest BCUT2D eigenvalue weighted by molar-refractivity contribution is 5.27. The Labute approximate surface area is 97.6 Å². The van der Waals surface area contributed by atoms with Crippen molar-refractivity contribution in [3.8, 4) is 5.75 Å². The maximum absolute atomic E-state index is 5.71. The fourth-order valence-electron chi connectivity index (χ4n) is 1.91. The first-order chi connectivity index (χ1) is 7.88. The van der Waals surface area contributed by atoms with Crippen LogP contribution in [0.25, 0.3) is 0 Å². The van der Waals surface area contributed by atoms with Gasteiger partial charge in [-0.3, -0.25) is 0 Å². The quantitative estimate of drug-likeness (QED) is 0.755. The molecular weight excluding hydrogens is 200 g/mol. The van der Waals surface area contributed by atoms with Gasteiger partial charge in [0.2, 0.25) is 0 Å². The summed E-state index contributed by atoms with van der Waals surface area (Å²) in [5, 5.41) is 0. The Morgan fingerprint density at radius 2 is 2.12 bits per heavy atom. The lowest BCUT2D eigenvalue weighted by Gasteiger charge is -2.12. The zero-order valence-corrected chi connectivity index (χ0v) is 9.95. The first kappa shape index (κ1) is 11.5. The normalized spacial score (nSPS) is 19.9. The van der Waals surface area contributed by atoms with E-state index in [9.17, 15) is 0 Å². The van der Waals surface area contributed by atoms with E-state index in [0.717, 1.165) is 31.6 Å². The molecule has 0 saturated carbocycles. The van der Waals surface area contributed by atoms with E-state index in [0.29, 0.717) is 0 Å². The molecule has 2 rings (SSSR count). The minimum Gasteiger partial charge on any atom is -0.465 e. The molecule has 0 N–H and O–H groups in total. The van der Waals surface area contributed by atoms with Crippen molar-refractivity contribution >= 4 is 0 Å². The lowest BCUT2D eigenvalue weighted by Crippen LogP contribution is -2.13. The molecule has 0 aliphatic carbocycles. The minimum atomic E-state index is -0.0264. The van der Waals surface area contributed by atoms with Crippen LogP contribution in [0.2, 0.25) is 0 Å². The van der Waals surface area contributed by atoms with Crippen LogP contribution in [0.4, 0.5) is 0 Å². The molecule has 1 atom stereocenters. The van der Waals surface area contributed by atoms with Crippen molar-refractivity contribution < 1.29 is 9.47 Å². The van der Waals surface area contributed by atoms with Gasteiger partial charge in [0.15, 0.2) is 6.29 Å². The van der Waals surface area contributed by atoms with Gasteiger partial charge in [0.1, 0.15) is 5.75 Å². The first-order valence-electron chi connectivity index (χ1n) is 6.25. The molecule has 0 radical (unpaired) electrons. The molecule has 0 amide bonds. The van der Waals surface area contributed by atoms with E-state index in [1.807, 2.05) is 12.1 Å². The maximum atomic E-state index is 5.71. The number of ether oxygens (including phenoxy) is 2. The van der Waals surface area contributed by atoms with Gasteiger partial charge in [-0.15, -0.1) is 0 Å². The Bertz CT molecular complexity index is 299. The van der Waals surface area contributed by atoms with Crippen molar-refractivity contribution in [3.05, 3.63) is 29.8 Å². The van der Waals surface area contributed by atoms with Gasteiger partial charge in [0, 0.05) is 6.42 Å². The third-order valence-electron chi connectivity index (χ3n) is 2.90. The fraction of sp³-hybridized carbons (Fsp3) is 0.571. The van der Waals surface area contributed by atoms with E-state index >= 15 is 0 Å². The first-order valence-corrected chi connectivity index (χ1v) is 6.25. The van der Waals surface area contributed by atoms with Gasteiger partial charge in [0.25, 0.3) is 0 Å². The minimum absolute atomic E-state index is 0.0264. The Balaban J connectivity index is 1.86. The molecule has 0 aromatic heterocycles. The van der Waals surface area contributed by atoms with Crippen molar-refractivity contribution in [1.29, 1.82) is 0 Å². The molecule has 1 saturated heterocycles. The number of hydrogen-bond acceptors (Lipinski definition) is 2. The van der Waals surface area contributed by atoms with E-state index in [-0.39, 0.29) is 6.29 Å². The molecule has 2 heteroatoms. The van der Waals surface area contributed by atoms with Crippen LogP contribution in [-0.2, 0) is 11.2 Å². The SMILES string of the molecule is CCCCc1ccc(OC2CCCO2)cc1. The molecule has 0 spiro atoms. The summed E-state index contributed by atoms with van der Waals surface area (Å²) in [4.78, 5) is 0. The molecule has 1 aromatic rings. The third kappa shape index (κ3) is 3.24. The van der Waals surface area contributed by atoms with E-state index < -0.39 is 0 Å². The van der Waals surface area contributed by atoms with Crippen molar-refractivity contribution in [1.82, 2.24) is 0 Å². The van der Waals surface area contributed by atoms with Crippen LogP contribution >= 0.6 is 0 Å². The van der Waals surface area contributed by atoms with Gasteiger partial charge in [-0.1, -0.05) is 25.5 Å². The smallest absolute Gasteiger partial charge is 0.199 e. The molecular formula is C14H20O2. The van der Waals surface area contributed by atoms with Gasteiger partial charge in [-0.2, -0.15) is 0 Å². The summed E-state index contributed by atoms with van der Waals surface area (Å²) in [6.07, 6.45) is 5.76. The number of rotatable bonds is 5. The molecule has 1 fully saturated rings. The third-order valence-corrected chi connectivity index (χ3v) is 2.90. The van der Waals surface area contributed by atoms with E-state index in [1.54, 1.807) is 0 Å². The van der Waals surface area contributed by atoms with Crippen LogP contribution < -0.4 is 4.74 Å². The van der Waals surface area contributed by atoms with E-state index in [2.05, 4.69) is 19.1 Å². The monoisotopic (exact) mass is 220 g/mol. The average molecular weight is 220 g/mol. The number of aryl methyl sites for hydroxylation is 1. The zero-order valence-electron chi connectivity index (χ0n) is 9.95. The lowest BCUT2D eigenvalue weighted by atomic mass is 10.1. The molecule has 1 unspecified atom stereocenters. The summed E-state index contributed by atoms with van der Waals surface area (Å²) >= 11 is 0. The van der Waals surface area contributed by atoms with Crippen molar-refractivity contribution in [3.63, 3.8) is 0 Å². The van der Waals surface area contributed by atoms with Gasteiger partial charge >= 0.3 is 0 Å². The topological polar surface area (TPSA) is 18.5 Å². The molecule has 1 aromatic carbocycles. The van der Waals surface area contributed by atoms with Gasteiger partial charge in [-0.25, -0.2) is 0 Å². The van der Waals surface area contributed by atoms with E-state index in [1.165, 1.54) is 18.4 Å². The summed E-state index contributed by atoms with van der Waals surface area (Å²) in [6.45, 7) is 3.05. The molecule has 1 aliphatic rings. The van der Waals surface area contributed by atoms with Crippen molar-refractivity contribution in [2.45, 2.75) is 45.3 Å². The molecule has 88 valence electrons. The van der Waals surface area contributed by atoms with Crippen LogP contribution in [-0.4, -0.2) is 12.9 Å². The molecule has 0 bridgehead atoms. The predicted octanol–water partition coefficient (Wildman–Crippen LogP) is 3.54. The summed E-state index contributed by atoms with van der Waals surface area (Å²) in [6, 6.07) is 8.40. The van der Waals surface area contributed by atoms with E-state index in [4.69, 9.17) is 9.47 Å². The van der Waals surface area contributed by atoms with Crippen molar-refractivity contribution in [2.75, 3.05) is 6.61 Å². The second kappa shape index (κ2) is 5.90. The lowest BCUT2D eigenvalue weighted by molar-refractivity contribution is -0.0390. The van der Waals surface area contributed by atoms with Crippen LogP contribution in [0.5, 0.6) is 5.75 Å². The van der Waals surface area contributed by atoms with Gasteiger partial charge in [-0.05, 0) is 37.0 Å². The summed E-state index contributed by atoms with van der Waals surface area (Å²) in [5.41, 5.74) is 1.39. The molecule has 2 nitrogen and oxygen atoms in total. The maximum Gasteiger partial charge on any atom is 0.199 e. The fourth-order valence-corrected chi connectivity index (χ4v) is 1.91. The highest BCUT2D eigenvalue weighted by atomic mass is 16.7. The molecule has 1 aliphatic heterocycles. The van der Waals surface area contributed by atoms with Crippen molar-refractivity contribution in [2.24, 2.45) is 0 Å². The zero-order chi connectivity index (χ0) is 11.2. The molecule has 1 heterocycles. The Morgan fingerprint density at radius 1 is 1.31 bits per heavy atom. The largest absolute Gasteiger partial charge is 0.465 e. The van der Waals surface area contributed by atoms with Crippen LogP contribution in [0.15, 0.2) is 24.3 Å². The average Bonchev–Trinajstić information content (AvgIpc) is 2.81. The van der Waals surface area contributed by atoms with Crippen LogP contribution in [0.3, 0.4) is 0 Å². The van der Waals surface area contributed by atoms with Gasteiger partial charge in [0.05, 0.1) is 6.61 Å². The standard InChI is InChI=1S/C14H20O2/c1-2-3-5-12-7-9-13(10-8-12)16-14-6-4-11-15-14/h7-10,14H,2-6,11H2,1H3. The second-order valence-corrected chi connectivity index (χ2v) is 4.31. The summed E-state index contributed by atoms with van der Waals surface area (Å²) in [5.74, 6) is 0.923. The second-order valence-electron chi connectivity index (χ2n) is 4.31. The van der Waals surface area contributed by atoms with Crippen LogP contribution in [0.1, 0.15) is 38.2 Å². The highest BCUT2D eigenvalue weighted by Crippen LogP contribution is 2.20. The highest BCUT2D eigenvalue weighted by Gasteiger charge is 2.16. The number of unbranched alkanes of at least 4 members (excludes halogenated alkanes) is 1. The van der Waals surface area contributed by atoms with Crippen LogP contribution in [0, 0.1) is 0 Å². The summed E-state index contributed by atoms with van der Waals surface area (Å²) < 4.78 is 11.1.